The summed E-state index contributed by atoms with van der Waals surface area (Å²) in [6.07, 6.45) is 1.08. The normalized spacial score (nSPS) is 13.0. The number of rotatable bonds is 6. The molecule has 0 radical (unpaired) electrons. The minimum Gasteiger partial charge on any atom is -0.345 e. The highest BCUT2D eigenvalue weighted by Gasteiger charge is 2.16. The first-order valence-electron chi connectivity index (χ1n) is 5.38. The zero-order valence-electron chi connectivity index (χ0n) is 10.1. The van der Waals surface area contributed by atoms with Crippen molar-refractivity contribution in [3.63, 3.8) is 0 Å². The van der Waals surface area contributed by atoms with Crippen LogP contribution in [0.15, 0.2) is 0 Å². The highest BCUT2D eigenvalue weighted by molar-refractivity contribution is 5.78. The average molecular weight is 200 g/mol. The molecule has 0 spiro atoms. The smallest absolute Gasteiger partial charge is 0.226 e. The number of carbonyl (C=O) groups excluding carboxylic acids is 1. The molecule has 1 amide bonds. The van der Waals surface area contributed by atoms with Crippen molar-refractivity contribution in [3.05, 3.63) is 0 Å². The second kappa shape index (κ2) is 6.82. The molecule has 3 heteroatoms. The van der Waals surface area contributed by atoms with Crippen LogP contribution in [0.4, 0.5) is 0 Å². The van der Waals surface area contributed by atoms with Gasteiger partial charge in [0.1, 0.15) is 0 Å². The van der Waals surface area contributed by atoms with E-state index in [-0.39, 0.29) is 11.8 Å². The van der Waals surface area contributed by atoms with E-state index >= 15 is 0 Å². The summed E-state index contributed by atoms with van der Waals surface area (Å²) < 4.78 is 0. The maximum atomic E-state index is 11.7. The number of amides is 1. The Morgan fingerprint density at radius 3 is 2.36 bits per heavy atom. The van der Waals surface area contributed by atoms with Gasteiger partial charge in [0, 0.05) is 26.1 Å². The Labute approximate surface area is 87.9 Å². The summed E-state index contributed by atoms with van der Waals surface area (Å²) in [6, 6.07) is 0. The Morgan fingerprint density at radius 1 is 1.36 bits per heavy atom. The minimum absolute atomic E-state index is 0.0807. The summed E-state index contributed by atoms with van der Waals surface area (Å²) in [7, 11) is 3.76. The molecule has 0 aromatic heterocycles. The summed E-state index contributed by atoms with van der Waals surface area (Å²) in [5.41, 5.74) is 0. The van der Waals surface area contributed by atoms with E-state index in [0.29, 0.717) is 5.92 Å². The van der Waals surface area contributed by atoms with Crippen LogP contribution in [-0.2, 0) is 4.79 Å². The lowest BCUT2D eigenvalue weighted by Gasteiger charge is -2.22. The lowest BCUT2D eigenvalue weighted by molar-refractivity contribution is -0.133. The van der Waals surface area contributed by atoms with Crippen molar-refractivity contribution in [1.29, 1.82) is 0 Å². The third-order valence-corrected chi connectivity index (χ3v) is 2.35. The second-order valence-corrected chi connectivity index (χ2v) is 4.40. The fourth-order valence-electron chi connectivity index (χ4n) is 1.33. The summed E-state index contributed by atoms with van der Waals surface area (Å²) in [6.45, 7) is 7.94. The molecule has 0 bridgehead atoms. The predicted octanol–water partition coefficient (Wildman–Crippen LogP) is 1.35. The van der Waals surface area contributed by atoms with E-state index < -0.39 is 0 Å². The lowest BCUT2D eigenvalue weighted by Crippen LogP contribution is -2.36. The van der Waals surface area contributed by atoms with Crippen LogP contribution in [0.5, 0.6) is 0 Å². The van der Waals surface area contributed by atoms with Gasteiger partial charge in [0.05, 0.1) is 0 Å². The van der Waals surface area contributed by atoms with Gasteiger partial charge >= 0.3 is 0 Å². The van der Waals surface area contributed by atoms with Crippen molar-refractivity contribution in [3.8, 4) is 0 Å². The number of nitrogens with zero attached hydrogens (tertiary/aromatic N) is 1. The first kappa shape index (κ1) is 13.4. The zero-order chi connectivity index (χ0) is 11.1. The Bertz CT molecular complexity index is 169. The highest BCUT2D eigenvalue weighted by atomic mass is 16.2. The van der Waals surface area contributed by atoms with Crippen molar-refractivity contribution >= 4 is 5.91 Å². The molecule has 0 aromatic rings. The van der Waals surface area contributed by atoms with Gasteiger partial charge in [-0.3, -0.25) is 4.79 Å². The van der Waals surface area contributed by atoms with Gasteiger partial charge in [0.15, 0.2) is 0 Å². The predicted molar refractivity (Wildman–Crippen MR) is 60.2 cm³/mol. The first-order valence-corrected chi connectivity index (χ1v) is 5.38. The van der Waals surface area contributed by atoms with Gasteiger partial charge in [-0.15, -0.1) is 0 Å². The van der Waals surface area contributed by atoms with Gasteiger partial charge in [-0.1, -0.05) is 20.8 Å². The van der Waals surface area contributed by atoms with Gasteiger partial charge in [-0.05, 0) is 19.4 Å². The average Bonchev–Trinajstić information content (AvgIpc) is 2.13. The van der Waals surface area contributed by atoms with E-state index in [1.54, 1.807) is 0 Å². The quantitative estimate of drug-likeness (QED) is 0.702. The standard InChI is InChI=1S/C11H24N2O/c1-9(2)6-7-13(5)11(14)10(3)8-12-4/h9-10,12H,6-8H2,1-5H3. The minimum atomic E-state index is 0.0807. The molecule has 0 rings (SSSR count). The Morgan fingerprint density at radius 2 is 1.93 bits per heavy atom. The van der Waals surface area contributed by atoms with E-state index in [0.717, 1.165) is 19.5 Å². The van der Waals surface area contributed by atoms with Crippen molar-refractivity contribution in [1.82, 2.24) is 10.2 Å². The molecule has 0 saturated heterocycles. The van der Waals surface area contributed by atoms with Crippen molar-refractivity contribution in [2.45, 2.75) is 27.2 Å². The molecule has 1 unspecified atom stereocenters. The third-order valence-electron chi connectivity index (χ3n) is 2.35. The van der Waals surface area contributed by atoms with E-state index in [1.165, 1.54) is 0 Å². The molecule has 0 aromatic carbocycles. The molecule has 84 valence electrons. The van der Waals surface area contributed by atoms with Crippen molar-refractivity contribution < 1.29 is 4.79 Å². The molecule has 3 nitrogen and oxygen atoms in total. The van der Waals surface area contributed by atoms with Crippen LogP contribution < -0.4 is 5.32 Å². The summed E-state index contributed by atoms with van der Waals surface area (Å²) >= 11 is 0. The van der Waals surface area contributed by atoms with Gasteiger partial charge in [-0.25, -0.2) is 0 Å². The molecule has 0 heterocycles. The fourth-order valence-corrected chi connectivity index (χ4v) is 1.33. The summed E-state index contributed by atoms with van der Waals surface area (Å²) in [5, 5.41) is 3.02. The topological polar surface area (TPSA) is 32.3 Å². The fraction of sp³-hybridized carbons (Fsp3) is 0.909. The highest BCUT2D eigenvalue weighted by Crippen LogP contribution is 2.04. The van der Waals surface area contributed by atoms with Crippen molar-refractivity contribution in [2.75, 3.05) is 27.2 Å². The van der Waals surface area contributed by atoms with Crippen LogP contribution >= 0.6 is 0 Å². The van der Waals surface area contributed by atoms with Gasteiger partial charge in [0.25, 0.3) is 0 Å². The van der Waals surface area contributed by atoms with Gasteiger partial charge in [0.2, 0.25) is 5.91 Å². The van der Waals surface area contributed by atoms with E-state index in [4.69, 9.17) is 0 Å². The van der Waals surface area contributed by atoms with Crippen LogP contribution in [0.1, 0.15) is 27.2 Å². The Hall–Kier alpha value is -0.570. The molecular formula is C11H24N2O. The SMILES string of the molecule is CNCC(C)C(=O)N(C)CCC(C)C. The van der Waals surface area contributed by atoms with Crippen LogP contribution in [0.2, 0.25) is 0 Å². The second-order valence-electron chi connectivity index (χ2n) is 4.40. The van der Waals surface area contributed by atoms with Gasteiger partial charge < -0.3 is 10.2 Å². The molecule has 1 atom stereocenters. The van der Waals surface area contributed by atoms with E-state index in [1.807, 2.05) is 25.9 Å². The Balaban J connectivity index is 3.86. The molecule has 1 N–H and O–H groups in total. The molecular weight excluding hydrogens is 176 g/mol. The first-order chi connectivity index (χ1) is 6.49. The summed E-state index contributed by atoms with van der Waals surface area (Å²) in [5.74, 6) is 0.974. The summed E-state index contributed by atoms with van der Waals surface area (Å²) in [4.78, 5) is 13.6. The number of nitrogens with one attached hydrogen (secondary N) is 1. The third kappa shape index (κ3) is 5.22. The molecule has 0 saturated carbocycles. The van der Waals surface area contributed by atoms with Crippen LogP contribution in [-0.4, -0.2) is 38.0 Å². The number of carbonyl (C=O) groups is 1. The molecule has 0 aliphatic carbocycles. The maximum absolute atomic E-state index is 11.7. The van der Waals surface area contributed by atoms with Crippen molar-refractivity contribution in [2.24, 2.45) is 11.8 Å². The van der Waals surface area contributed by atoms with Crippen LogP contribution in [0.25, 0.3) is 0 Å². The lowest BCUT2D eigenvalue weighted by atomic mass is 10.1. The molecule has 0 aliphatic rings. The van der Waals surface area contributed by atoms with E-state index in [9.17, 15) is 4.79 Å². The van der Waals surface area contributed by atoms with Gasteiger partial charge in [-0.2, -0.15) is 0 Å². The molecule has 0 aliphatic heterocycles. The number of hydrogen-bond donors (Lipinski definition) is 1. The zero-order valence-corrected chi connectivity index (χ0v) is 10.1. The Kier molecular flexibility index (Phi) is 6.54. The van der Waals surface area contributed by atoms with Crippen LogP contribution in [0, 0.1) is 11.8 Å². The number of hydrogen-bond acceptors (Lipinski definition) is 2. The largest absolute Gasteiger partial charge is 0.345 e. The monoisotopic (exact) mass is 200 g/mol. The van der Waals surface area contributed by atoms with E-state index in [2.05, 4.69) is 19.2 Å². The molecule has 0 fully saturated rings. The molecule has 14 heavy (non-hydrogen) atoms. The van der Waals surface area contributed by atoms with Crippen LogP contribution in [0.3, 0.4) is 0 Å². The maximum Gasteiger partial charge on any atom is 0.226 e.